The third-order valence-corrected chi connectivity index (χ3v) is 5.88. The number of nitriles is 1. The van der Waals surface area contributed by atoms with Crippen molar-refractivity contribution in [1.82, 2.24) is 0 Å². The lowest BCUT2D eigenvalue weighted by atomic mass is 9.83. The van der Waals surface area contributed by atoms with E-state index < -0.39 is 11.9 Å². The third-order valence-electron chi connectivity index (χ3n) is 5.88. The van der Waals surface area contributed by atoms with Gasteiger partial charge < -0.3 is 19.6 Å². The zero-order chi connectivity index (χ0) is 24.0. The highest BCUT2D eigenvalue weighted by atomic mass is 19.1. The van der Waals surface area contributed by atoms with Gasteiger partial charge >= 0.3 is 5.97 Å². The molecule has 0 amide bonds. The third kappa shape index (κ3) is 3.55. The number of halogens is 1. The van der Waals surface area contributed by atoms with Crippen molar-refractivity contribution < 1.29 is 23.1 Å². The van der Waals surface area contributed by atoms with Gasteiger partial charge in [-0.05, 0) is 49.2 Å². The Labute approximate surface area is 194 Å². The standard InChI is InChI=1S/C27H19FN2O4/c1-14-3-9-19-15(2)25(33-22(19)11-14)27(31)32-18-8-10-20-23(12-18)34-26(30)21(13-29)24(20)16-4-6-17(28)7-5-16/h3-12,24H,30H2,1-2H3. The van der Waals surface area contributed by atoms with Crippen molar-refractivity contribution in [2.24, 2.45) is 5.73 Å². The molecule has 2 N–H and O–H groups in total. The van der Waals surface area contributed by atoms with Crippen LogP contribution in [0.15, 0.2) is 76.5 Å². The second-order valence-corrected chi connectivity index (χ2v) is 8.12. The van der Waals surface area contributed by atoms with Crippen molar-refractivity contribution in [2.45, 2.75) is 19.8 Å². The van der Waals surface area contributed by atoms with Gasteiger partial charge in [0, 0.05) is 22.6 Å². The van der Waals surface area contributed by atoms with Crippen LogP contribution in [0, 0.1) is 31.0 Å². The maximum atomic E-state index is 13.5. The van der Waals surface area contributed by atoms with Crippen LogP contribution in [-0.4, -0.2) is 5.97 Å². The van der Waals surface area contributed by atoms with E-state index in [2.05, 4.69) is 6.07 Å². The summed E-state index contributed by atoms with van der Waals surface area (Å²) in [7, 11) is 0. The molecule has 1 aliphatic rings. The topological polar surface area (TPSA) is 98.5 Å². The molecule has 2 heterocycles. The summed E-state index contributed by atoms with van der Waals surface area (Å²) >= 11 is 0. The first-order valence-corrected chi connectivity index (χ1v) is 10.5. The monoisotopic (exact) mass is 454 g/mol. The van der Waals surface area contributed by atoms with Gasteiger partial charge in [0.1, 0.15) is 34.5 Å². The highest BCUT2D eigenvalue weighted by Gasteiger charge is 2.31. The summed E-state index contributed by atoms with van der Waals surface area (Å²) < 4.78 is 30.4. The van der Waals surface area contributed by atoms with Crippen LogP contribution >= 0.6 is 0 Å². The van der Waals surface area contributed by atoms with Gasteiger partial charge in [0.25, 0.3) is 0 Å². The first-order valence-electron chi connectivity index (χ1n) is 10.5. The highest BCUT2D eigenvalue weighted by molar-refractivity contribution is 5.97. The number of nitrogens with zero attached hydrogens (tertiary/aromatic N) is 1. The predicted molar refractivity (Wildman–Crippen MR) is 123 cm³/mol. The number of fused-ring (bicyclic) bond motifs is 2. The molecule has 5 rings (SSSR count). The van der Waals surface area contributed by atoms with E-state index >= 15 is 0 Å². The lowest BCUT2D eigenvalue weighted by Gasteiger charge is -2.26. The summed E-state index contributed by atoms with van der Waals surface area (Å²) in [4.78, 5) is 12.9. The Morgan fingerprint density at radius 1 is 1.09 bits per heavy atom. The fraction of sp³-hybridized carbons (Fsp3) is 0.111. The van der Waals surface area contributed by atoms with E-state index in [9.17, 15) is 14.4 Å². The van der Waals surface area contributed by atoms with Gasteiger partial charge in [-0.25, -0.2) is 9.18 Å². The number of rotatable bonds is 3. The van der Waals surface area contributed by atoms with E-state index in [1.165, 1.54) is 18.2 Å². The molecule has 0 spiro atoms. The number of ether oxygens (including phenoxy) is 2. The normalized spacial score (nSPS) is 14.9. The van der Waals surface area contributed by atoms with Crippen LogP contribution in [0.2, 0.25) is 0 Å². The van der Waals surface area contributed by atoms with E-state index in [0.717, 1.165) is 10.9 Å². The Bertz CT molecular complexity index is 1530. The van der Waals surface area contributed by atoms with Crippen molar-refractivity contribution in [1.29, 1.82) is 5.26 Å². The Morgan fingerprint density at radius 2 is 1.85 bits per heavy atom. The molecule has 0 saturated heterocycles. The number of hydrogen-bond acceptors (Lipinski definition) is 6. The van der Waals surface area contributed by atoms with Gasteiger partial charge in [-0.3, -0.25) is 0 Å². The molecule has 0 radical (unpaired) electrons. The molecule has 168 valence electrons. The Kier molecular flexibility index (Phi) is 5.06. The summed E-state index contributed by atoms with van der Waals surface area (Å²) in [5.41, 5.74) is 9.89. The quantitative estimate of drug-likeness (QED) is 0.318. The van der Waals surface area contributed by atoms with Crippen LogP contribution in [0.3, 0.4) is 0 Å². The number of hydrogen-bond donors (Lipinski definition) is 1. The SMILES string of the molecule is Cc1ccc2c(C)c(C(=O)Oc3ccc4c(c3)OC(N)=C(C#N)C4c3ccc(F)cc3)oc2c1. The average Bonchev–Trinajstić information content (AvgIpc) is 3.14. The molecule has 6 nitrogen and oxygen atoms in total. The van der Waals surface area contributed by atoms with Crippen LogP contribution < -0.4 is 15.2 Å². The summed E-state index contributed by atoms with van der Waals surface area (Å²) in [5.74, 6) is -0.937. The molecule has 1 aliphatic heterocycles. The van der Waals surface area contributed by atoms with E-state index in [4.69, 9.17) is 19.6 Å². The van der Waals surface area contributed by atoms with Crippen molar-refractivity contribution in [3.63, 3.8) is 0 Å². The Balaban J connectivity index is 1.49. The molecule has 1 atom stereocenters. The molecule has 0 saturated carbocycles. The first-order chi connectivity index (χ1) is 16.4. The Morgan fingerprint density at radius 3 is 2.59 bits per heavy atom. The number of carbonyl (C=O) groups excluding carboxylic acids is 1. The lowest BCUT2D eigenvalue weighted by molar-refractivity contribution is 0.0702. The zero-order valence-electron chi connectivity index (χ0n) is 18.4. The van der Waals surface area contributed by atoms with E-state index in [1.807, 2.05) is 25.1 Å². The van der Waals surface area contributed by atoms with E-state index in [-0.39, 0.29) is 28.8 Å². The lowest BCUT2D eigenvalue weighted by Crippen LogP contribution is -2.21. The number of benzene rings is 3. The zero-order valence-corrected chi connectivity index (χ0v) is 18.4. The van der Waals surface area contributed by atoms with Gasteiger partial charge in [0.2, 0.25) is 11.6 Å². The van der Waals surface area contributed by atoms with Gasteiger partial charge in [-0.1, -0.05) is 30.3 Å². The minimum Gasteiger partial charge on any atom is -0.449 e. The van der Waals surface area contributed by atoms with Gasteiger partial charge in [-0.15, -0.1) is 0 Å². The molecule has 0 bridgehead atoms. The van der Waals surface area contributed by atoms with Crippen molar-refractivity contribution in [3.8, 4) is 17.6 Å². The molecule has 1 aromatic heterocycles. The number of allylic oxidation sites excluding steroid dienone is 1. The molecule has 3 aromatic carbocycles. The fourth-order valence-corrected chi connectivity index (χ4v) is 4.18. The van der Waals surface area contributed by atoms with Crippen molar-refractivity contribution in [3.05, 3.63) is 106 Å². The number of carbonyl (C=O) groups is 1. The number of nitrogens with two attached hydrogens (primary N) is 1. The van der Waals surface area contributed by atoms with Crippen LogP contribution in [0.4, 0.5) is 4.39 Å². The molecular formula is C27H19FN2O4. The molecular weight excluding hydrogens is 435 g/mol. The Hall–Kier alpha value is -4.57. The summed E-state index contributed by atoms with van der Waals surface area (Å²) in [6.07, 6.45) is 0. The minimum atomic E-state index is -0.640. The van der Waals surface area contributed by atoms with Gasteiger partial charge in [0.15, 0.2) is 0 Å². The average molecular weight is 454 g/mol. The maximum Gasteiger partial charge on any atom is 0.379 e. The molecule has 7 heteroatoms. The van der Waals surface area contributed by atoms with Crippen LogP contribution in [0.5, 0.6) is 11.5 Å². The minimum absolute atomic E-state index is 0.0590. The van der Waals surface area contributed by atoms with Crippen molar-refractivity contribution >= 4 is 16.9 Å². The van der Waals surface area contributed by atoms with E-state index in [1.54, 1.807) is 31.2 Å². The molecule has 4 aromatic rings. The van der Waals surface area contributed by atoms with Crippen molar-refractivity contribution in [2.75, 3.05) is 0 Å². The summed E-state index contributed by atoms with van der Waals surface area (Å²) in [6.45, 7) is 3.75. The smallest absolute Gasteiger partial charge is 0.379 e. The second-order valence-electron chi connectivity index (χ2n) is 8.12. The molecule has 0 aliphatic carbocycles. The summed E-state index contributed by atoms with van der Waals surface area (Å²) in [6, 6.07) is 18.5. The first kappa shape index (κ1) is 21.3. The largest absolute Gasteiger partial charge is 0.449 e. The number of esters is 1. The number of furan rings is 1. The predicted octanol–water partition coefficient (Wildman–Crippen LogP) is 5.63. The van der Waals surface area contributed by atoms with Gasteiger partial charge in [-0.2, -0.15) is 5.26 Å². The van der Waals surface area contributed by atoms with Gasteiger partial charge in [0.05, 0.1) is 5.92 Å². The molecule has 0 fully saturated rings. The molecule has 34 heavy (non-hydrogen) atoms. The van der Waals surface area contributed by atoms with E-state index in [0.29, 0.717) is 28.0 Å². The van der Waals surface area contributed by atoms with Crippen LogP contribution in [-0.2, 0) is 0 Å². The second kappa shape index (κ2) is 8.09. The van der Waals surface area contributed by atoms with Crippen LogP contribution in [0.1, 0.15) is 38.7 Å². The highest BCUT2D eigenvalue weighted by Crippen LogP contribution is 2.43. The molecule has 1 unspecified atom stereocenters. The van der Waals surface area contributed by atoms with Crippen LogP contribution in [0.25, 0.3) is 11.0 Å². The number of aryl methyl sites for hydroxylation is 2. The fourth-order valence-electron chi connectivity index (χ4n) is 4.18. The maximum absolute atomic E-state index is 13.5. The summed E-state index contributed by atoms with van der Waals surface area (Å²) in [5, 5.41) is 10.5.